The summed E-state index contributed by atoms with van der Waals surface area (Å²) in [7, 11) is 0. The average Bonchev–Trinajstić information content (AvgIpc) is 3.07. The summed E-state index contributed by atoms with van der Waals surface area (Å²) in [6, 6.07) is -0.309. The lowest BCUT2D eigenvalue weighted by atomic mass is 9.88. The number of carbonyl (C=O) groups excluding carboxylic acids is 2. The summed E-state index contributed by atoms with van der Waals surface area (Å²) >= 11 is 0. The number of piperazine rings is 1. The molecule has 2 heterocycles. The summed E-state index contributed by atoms with van der Waals surface area (Å²) in [6.07, 6.45) is 5.48. The summed E-state index contributed by atoms with van der Waals surface area (Å²) < 4.78 is 5.62. The van der Waals surface area contributed by atoms with Gasteiger partial charge in [0.1, 0.15) is 11.6 Å². The minimum Gasteiger partial charge on any atom is -0.378 e. The zero-order valence-corrected chi connectivity index (χ0v) is 13.1. The molecular formula is C16H26N2O3. The number of rotatable bonds is 3. The first-order valence-corrected chi connectivity index (χ1v) is 8.32. The van der Waals surface area contributed by atoms with Gasteiger partial charge in [0.05, 0.1) is 6.10 Å². The molecule has 3 unspecified atom stereocenters. The van der Waals surface area contributed by atoms with Crippen LogP contribution in [0.15, 0.2) is 0 Å². The molecule has 2 aliphatic heterocycles. The molecule has 2 saturated heterocycles. The van der Waals surface area contributed by atoms with Gasteiger partial charge in [0.15, 0.2) is 0 Å². The second kappa shape index (κ2) is 5.59. The Balaban J connectivity index is 1.82. The van der Waals surface area contributed by atoms with E-state index in [4.69, 9.17) is 4.74 Å². The Labute approximate surface area is 126 Å². The van der Waals surface area contributed by atoms with Gasteiger partial charge in [-0.15, -0.1) is 0 Å². The molecule has 0 aromatic rings. The zero-order valence-electron chi connectivity index (χ0n) is 13.1. The molecule has 118 valence electrons. The van der Waals surface area contributed by atoms with Crippen molar-refractivity contribution in [3.05, 3.63) is 0 Å². The van der Waals surface area contributed by atoms with Gasteiger partial charge < -0.3 is 15.0 Å². The van der Waals surface area contributed by atoms with E-state index in [0.717, 1.165) is 38.7 Å². The molecule has 3 rings (SSSR count). The molecule has 5 heteroatoms. The lowest BCUT2D eigenvalue weighted by molar-refractivity contribution is -0.156. The summed E-state index contributed by atoms with van der Waals surface area (Å²) in [5.74, 6) is 0.531. The van der Waals surface area contributed by atoms with Crippen LogP contribution in [-0.2, 0) is 14.3 Å². The molecule has 1 N–H and O–H groups in total. The Hall–Kier alpha value is -1.10. The lowest BCUT2D eigenvalue weighted by Gasteiger charge is -2.45. The smallest absolute Gasteiger partial charge is 0.249 e. The average molecular weight is 294 g/mol. The van der Waals surface area contributed by atoms with Gasteiger partial charge in [0.2, 0.25) is 11.8 Å². The van der Waals surface area contributed by atoms with Crippen molar-refractivity contribution in [2.24, 2.45) is 5.92 Å². The third kappa shape index (κ3) is 2.45. The van der Waals surface area contributed by atoms with Gasteiger partial charge in [0.25, 0.3) is 0 Å². The second-order valence-electron chi connectivity index (χ2n) is 6.78. The van der Waals surface area contributed by atoms with Gasteiger partial charge in [-0.1, -0.05) is 19.8 Å². The van der Waals surface area contributed by atoms with Crippen molar-refractivity contribution < 1.29 is 14.3 Å². The van der Waals surface area contributed by atoms with Crippen LogP contribution in [0.5, 0.6) is 0 Å². The van der Waals surface area contributed by atoms with E-state index >= 15 is 0 Å². The Bertz CT molecular complexity index is 431. The lowest BCUT2D eigenvalue weighted by Crippen LogP contribution is -2.69. The van der Waals surface area contributed by atoms with E-state index in [-0.39, 0.29) is 24.0 Å². The number of hydrogen-bond acceptors (Lipinski definition) is 3. The minimum absolute atomic E-state index is 0.0329. The van der Waals surface area contributed by atoms with Crippen molar-refractivity contribution in [2.45, 2.75) is 70.1 Å². The number of nitrogens with one attached hydrogen (secondary N) is 1. The summed E-state index contributed by atoms with van der Waals surface area (Å²) in [5, 5.41) is 3.05. The molecule has 1 aliphatic carbocycles. The van der Waals surface area contributed by atoms with Gasteiger partial charge in [-0.25, -0.2) is 0 Å². The first-order chi connectivity index (χ1) is 10.1. The van der Waals surface area contributed by atoms with E-state index in [1.807, 2.05) is 11.8 Å². The van der Waals surface area contributed by atoms with Crippen LogP contribution < -0.4 is 5.32 Å². The van der Waals surface area contributed by atoms with Crippen LogP contribution in [0.25, 0.3) is 0 Å². The number of hydrogen-bond donors (Lipinski definition) is 1. The van der Waals surface area contributed by atoms with Crippen molar-refractivity contribution in [3.8, 4) is 0 Å². The summed E-state index contributed by atoms with van der Waals surface area (Å²) in [6.45, 7) is 5.47. The molecule has 1 spiro atoms. The van der Waals surface area contributed by atoms with E-state index in [1.54, 1.807) is 0 Å². The molecule has 3 atom stereocenters. The topological polar surface area (TPSA) is 58.6 Å². The predicted molar refractivity (Wildman–Crippen MR) is 78.7 cm³/mol. The zero-order chi connectivity index (χ0) is 15.0. The van der Waals surface area contributed by atoms with Crippen LogP contribution in [-0.4, -0.2) is 47.6 Å². The van der Waals surface area contributed by atoms with Crippen molar-refractivity contribution in [1.29, 1.82) is 0 Å². The number of carbonyl (C=O) groups is 2. The van der Waals surface area contributed by atoms with Crippen molar-refractivity contribution in [3.63, 3.8) is 0 Å². The van der Waals surface area contributed by atoms with Crippen LogP contribution in [0.2, 0.25) is 0 Å². The van der Waals surface area contributed by atoms with E-state index in [9.17, 15) is 9.59 Å². The summed E-state index contributed by atoms with van der Waals surface area (Å²) in [5.41, 5.74) is -0.606. The summed E-state index contributed by atoms with van der Waals surface area (Å²) in [4.78, 5) is 27.4. The molecule has 0 bridgehead atoms. The Morgan fingerprint density at radius 3 is 2.62 bits per heavy atom. The highest BCUT2D eigenvalue weighted by molar-refractivity contribution is 6.00. The molecule has 1 saturated carbocycles. The third-order valence-electron chi connectivity index (χ3n) is 5.52. The first-order valence-electron chi connectivity index (χ1n) is 8.32. The largest absolute Gasteiger partial charge is 0.378 e. The van der Waals surface area contributed by atoms with Crippen molar-refractivity contribution >= 4 is 11.8 Å². The predicted octanol–water partition coefficient (Wildman–Crippen LogP) is 1.46. The van der Waals surface area contributed by atoms with E-state index in [1.165, 1.54) is 0 Å². The molecule has 21 heavy (non-hydrogen) atoms. The van der Waals surface area contributed by atoms with Gasteiger partial charge in [-0.05, 0) is 32.6 Å². The Kier molecular flexibility index (Phi) is 3.95. The fourth-order valence-electron chi connectivity index (χ4n) is 4.13. The van der Waals surface area contributed by atoms with Gasteiger partial charge in [-0.2, -0.15) is 0 Å². The van der Waals surface area contributed by atoms with Crippen molar-refractivity contribution in [2.75, 3.05) is 13.2 Å². The maximum absolute atomic E-state index is 13.0. The molecule has 3 fully saturated rings. The van der Waals surface area contributed by atoms with Crippen LogP contribution >= 0.6 is 0 Å². The molecule has 0 aromatic heterocycles. The van der Waals surface area contributed by atoms with Crippen LogP contribution in [0.1, 0.15) is 52.4 Å². The SMILES string of the molecule is CCC1C(=O)NC2(CCCC2)C(=O)N1CC1CCOC1C. The fraction of sp³-hybridized carbons (Fsp3) is 0.875. The first kappa shape index (κ1) is 14.8. The van der Waals surface area contributed by atoms with E-state index in [2.05, 4.69) is 12.2 Å². The number of nitrogens with zero attached hydrogens (tertiary/aromatic N) is 1. The molecule has 0 radical (unpaired) electrons. The van der Waals surface area contributed by atoms with Gasteiger partial charge in [0, 0.05) is 19.1 Å². The molecule has 5 nitrogen and oxygen atoms in total. The maximum atomic E-state index is 13.0. The number of amides is 2. The van der Waals surface area contributed by atoms with Crippen LogP contribution in [0.3, 0.4) is 0 Å². The Morgan fingerprint density at radius 1 is 1.33 bits per heavy atom. The highest BCUT2D eigenvalue weighted by Gasteiger charge is 2.52. The Morgan fingerprint density at radius 2 is 2.05 bits per heavy atom. The quantitative estimate of drug-likeness (QED) is 0.857. The normalized spacial score (nSPS) is 35.5. The van der Waals surface area contributed by atoms with Crippen molar-refractivity contribution in [1.82, 2.24) is 10.2 Å². The van der Waals surface area contributed by atoms with Crippen LogP contribution in [0, 0.1) is 5.92 Å². The maximum Gasteiger partial charge on any atom is 0.249 e. The standard InChI is InChI=1S/C16H26N2O3/c1-3-13-14(19)17-16(7-4-5-8-16)15(20)18(13)10-12-6-9-21-11(12)2/h11-13H,3-10H2,1-2H3,(H,17,19). The molecular weight excluding hydrogens is 268 g/mol. The van der Waals surface area contributed by atoms with E-state index in [0.29, 0.717) is 18.9 Å². The van der Waals surface area contributed by atoms with E-state index < -0.39 is 5.54 Å². The molecule has 2 amide bonds. The fourth-order valence-corrected chi connectivity index (χ4v) is 4.13. The second-order valence-corrected chi connectivity index (χ2v) is 6.78. The highest BCUT2D eigenvalue weighted by atomic mass is 16.5. The monoisotopic (exact) mass is 294 g/mol. The number of ether oxygens (including phenoxy) is 1. The van der Waals surface area contributed by atoms with Crippen LogP contribution in [0.4, 0.5) is 0 Å². The van der Waals surface area contributed by atoms with Gasteiger partial charge >= 0.3 is 0 Å². The minimum atomic E-state index is -0.606. The molecule has 0 aromatic carbocycles. The highest BCUT2D eigenvalue weighted by Crippen LogP contribution is 2.36. The molecule has 3 aliphatic rings. The third-order valence-corrected chi connectivity index (χ3v) is 5.52. The van der Waals surface area contributed by atoms with Gasteiger partial charge in [-0.3, -0.25) is 9.59 Å².